The highest BCUT2D eigenvalue weighted by Gasteiger charge is 2.15. The average Bonchev–Trinajstić information content (AvgIpc) is 2.67. The van der Waals surface area contributed by atoms with Gasteiger partial charge in [-0.1, -0.05) is 19.9 Å². The quantitative estimate of drug-likeness (QED) is 0.640. The van der Waals surface area contributed by atoms with Crippen LogP contribution in [-0.2, 0) is 0 Å². The number of carbonyl (C=O) groups excluding carboxylic acids is 2. The van der Waals surface area contributed by atoms with Crippen molar-refractivity contribution in [2.24, 2.45) is 0 Å². The minimum Gasteiger partial charge on any atom is -0.496 e. The molecule has 0 saturated heterocycles. The Morgan fingerprint density at radius 1 is 1.04 bits per heavy atom. The molecule has 2 aromatic rings. The van der Waals surface area contributed by atoms with E-state index in [4.69, 9.17) is 4.74 Å². The normalized spacial score (nSPS) is 10.4. The van der Waals surface area contributed by atoms with Crippen LogP contribution in [0, 0.1) is 0 Å². The third-order valence-corrected chi connectivity index (χ3v) is 4.68. The smallest absolute Gasteiger partial charge is 0.255 e. The Bertz CT molecular complexity index is 802. The first kappa shape index (κ1) is 21.0. The average molecular weight is 433 g/mol. The number of amides is 2. The summed E-state index contributed by atoms with van der Waals surface area (Å²) in [6.45, 7) is 5.56. The zero-order valence-electron chi connectivity index (χ0n) is 15.9. The maximum absolute atomic E-state index is 12.7. The van der Waals surface area contributed by atoms with E-state index in [-0.39, 0.29) is 11.8 Å². The molecule has 144 valence electrons. The Kier molecular flexibility index (Phi) is 7.85. The van der Waals surface area contributed by atoms with Gasteiger partial charge in [0.15, 0.2) is 0 Å². The van der Waals surface area contributed by atoms with E-state index in [2.05, 4.69) is 35.1 Å². The number of carbonyl (C=O) groups is 2. The van der Waals surface area contributed by atoms with E-state index in [1.807, 2.05) is 4.90 Å². The number of nitrogens with zero attached hydrogens (tertiary/aromatic N) is 1. The minimum atomic E-state index is -0.248. The Morgan fingerprint density at radius 3 is 2.33 bits per heavy atom. The minimum absolute atomic E-state index is 0.0120. The highest BCUT2D eigenvalue weighted by atomic mass is 79.9. The van der Waals surface area contributed by atoms with Gasteiger partial charge in [-0.05, 0) is 65.2 Å². The molecule has 1 N–H and O–H groups in total. The van der Waals surface area contributed by atoms with Crippen molar-refractivity contribution in [3.8, 4) is 5.75 Å². The molecule has 0 aliphatic heterocycles. The van der Waals surface area contributed by atoms with Gasteiger partial charge in [0.05, 0.1) is 11.6 Å². The first-order chi connectivity index (χ1) is 13.0. The number of anilines is 1. The van der Waals surface area contributed by atoms with Gasteiger partial charge < -0.3 is 15.0 Å². The van der Waals surface area contributed by atoms with Gasteiger partial charge in [-0.15, -0.1) is 0 Å². The fraction of sp³-hybridized carbons (Fsp3) is 0.333. The molecule has 0 aliphatic carbocycles. The van der Waals surface area contributed by atoms with Crippen molar-refractivity contribution in [3.63, 3.8) is 0 Å². The van der Waals surface area contributed by atoms with Gasteiger partial charge in [0, 0.05) is 29.9 Å². The molecule has 27 heavy (non-hydrogen) atoms. The predicted molar refractivity (Wildman–Crippen MR) is 112 cm³/mol. The van der Waals surface area contributed by atoms with E-state index in [0.717, 1.165) is 25.9 Å². The topological polar surface area (TPSA) is 58.6 Å². The number of hydrogen-bond donors (Lipinski definition) is 1. The lowest BCUT2D eigenvalue weighted by Crippen LogP contribution is -2.32. The fourth-order valence-electron chi connectivity index (χ4n) is 2.78. The number of benzene rings is 2. The molecule has 6 heteroatoms. The van der Waals surface area contributed by atoms with Gasteiger partial charge in [0.2, 0.25) is 0 Å². The third kappa shape index (κ3) is 5.57. The largest absolute Gasteiger partial charge is 0.496 e. The van der Waals surface area contributed by atoms with E-state index >= 15 is 0 Å². The van der Waals surface area contributed by atoms with Gasteiger partial charge in [-0.2, -0.15) is 0 Å². The lowest BCUT2D eigenvalue weighted by molar-refractivity contribution is 0.0755. The number of hydrogen-bond acceptors (Lipinski definition) is 3. The molecule has 2 amide bonds. The monoisotopic (exact) mass is 432 g/mol. The van der Waals surface area contributed by atoms with E-state index in [1.54, 1.807) is 49.6 Å². The maximum Gasteiger partial charge on any atom is 0.255 e. The van der Waals surface area contributed by atoms with Crippen molar-refractivity contribution in [1.82, 2.24) is 4.90 Å². The maximum atomic E-state index is 12.7. The Hall–Kier alpha value is -2.34. The van der Waals surface area contributed by atoms with Crippen molar-refractivity contribution < 1.29 is 14.3 Å². The van der Waals surface area contributed by atoms with Gasteiger partial charge in [0.1, 0.15) is 5.75 Å². The van der Waals surface area contributed by atoms with Gasteiger partial charge in [0.25, 0.3) is 11.8 Å². The second-order valence-corrected chi connectivity index (χ2v) is 7.03. The number of nitrogens with one attached hydrogen (secondary N) is 1. The molecule has 0 fully saturated rings. The van der Waals surface area contributed by atoms with E-state index in [9.17, 15) is 9.59 Å². The van der Waals surface area contributed by atoms with Crippen molar-refractivity contribution in [1.29, 1.82) is 0 Å². The molecule has 2 rings (SSSR count). The van der Waals surface area contributed by atoms with Crippen molar-refractivity contribution in [2.45, 2.75) is 26.7 Å². The van der Waals surface area contributed by atoms with Gasteiger partial charge >= 0.3 is 0 Å². The molecule has 0 aliphatic rings. The molecule has 0 atom stereocenters. The standard InChI is InChI=1S/C21H25BrN2O3/c1-4-11-24(12-5-2)21(26)16-7-6-8-17(13-16)23-20(25)15-9-10-19(27-3)18(22)14-15/h6-10,13-14H,4-5,11-12H2,1-3H3,(H,23,25). The molecule has 0 radical (unpaired) electrons. The first-order valence-electron chi connectivity index (χ1n) is 9.04. The van der Waals surface area contributed by atoms with Crippen LogP contribution in [0.5, 0.6) is 5.75 Å². The molecular weight excluding hydrogens is 408 g/mol. The summed E-state index contributed by atoms with van der Waals surface area (Å²) in [6, 6.07) is 12.2. The van der Waals surface area contributed by atoms with E-state index in [0.29, 0.717) is 27.0 Å². The molecule has 0 unspecified atom stereocenters. The molecule has 0 spiro atoms. The summed E-state index contributed by atoms with van der Waals surface area (Å²) < 4.78 is 5.89. The third-order valence-electron chi connectivity index (χ3n) is 4.06. The fourth-order valence-corrected chi connectivity index (χ4v) is 3.32. The van der Waals surface area contributed by atoms with E-state index < -0.39 is 0 Å². The van der Waals surface area contributed by atoms with Crippen LogP contribution in [0.2, 0.25) is 0 Å². The number of halogens is 1. The van der Waals surface area contributed by atoms with Crippen molar-refractivity contribution in [2.75, 3.05) is 25.5 Å². The molecule has 0 heterocycles. The second-order valence-electron chi connectivity index (χ2n) is 6.18. The van der Waals surface area contributed by atoms with Crippen molar-refractivity contribution in [3.05, 3.63) is 58.1 Å². The van der Waals surface area contributed by atoms with Crippen LogP contribution in [0.4, 0.5) is 5.69 Å². The summed E-state index contributed by atoms with van der Waals surface area (Å²) in [7, 11) is 1.57. The summed E-state index contributed by atoms with van der Waals surface area (Å²) in [6.07, 6.45) is 1.82. The molecule has 5 nitrogen and oxygen atoms in total. The van der Waals surface area contributed by atoms with Crippen LogP contribution < -0.4 is 10.1 Å². The molecule has 0 bridgehead atoms. The molecule has 0 saturated carbocycles. The first-order valence-corrected chi connectivity index (χ1v) is 9.83. The number of ether oxygens (including phenoxy) is 1. The number of rotatable bonds is 8. The Morgan fingerprint density at radius 2 is 1.74 bits per heavy atom. The summed E-state index contributed by atoms with van der Waals surface area (Å²) >= 11 is 3.38. The zero-order valence-corrected chi connectivity index (χ0v) is 17.5. The summed E-state index contributed by atoms with van der Waals surface area (Å²) in [5.74, 6) is 0.398. The van der Waals surface area contributed by atoms with Crippen LogP contribution in [0.3, 0.4) is 0 Å². The van der Waals surface area contributed by atoms with E-state index in [1.165, 1.54) is 0 Å². The van der Waals surface area contributed by atoms with Crippen LogP contribution in [-0.4, -0.2) is 36.9 Å². The lowest BCUT2D eigenvalue weighted by atomic mass is 10.1. The zero-order chi connectivity index (χ0) is 19.8. The molecule has 2 aromatic carbocycles. The Balaban J connectivity index is 2.16. The van der Waals surface area contributed by atoms with Crippen molar-refractivity contribution >= 4 is 33.4 Å². The van der Waals surface area contributed by atoms with Crippen LogP contribution in [0.15, 0.2) is 46.9 Å². The summed E-state index contributed by atoms with van der Waals surface area (Å²) in [5, 5.41) is 2.85. The summed E-state index contributed by atoms with van der Waals surface area (Å²) in [5.41, 5.74) is 1.66. The predicted octanol–water partition coefficient (Wildman–Crippen LogP) is 4.97. The number of methoxy groups -OCH3 is 1. The van der Waals surface area contributed by atoms with Crippen LogP contribution in [0.25, 0.3) is 0 Å². The van der Waals surface area contributed by atoms with Gasteiger partial charge in [-0.25, -0.2) is 0 Å². The highest BCUT2D eigenvalue weighted by molar-refractivity contribution is 9.10. The highest BCUT2D eigenvalue weighted by Crippen LogP contribution is 2.26. The van der Waals surface area contributed by atoms with Crippen LogP contribution in [0.1, 0.15) is 47.4 Å². The SMILES string of the molecule is CCCN(CCC)C(=O)c1cccc(NC(=O)c2ccc(OC)c(Br)c2)c1. The molecule has 0 aromatic heterocycles. The molecular formula is C21H25BrN2O3. The summed E-state index contributed by atoms with van der Waals surface area (Å²) in [4.78, 5) is 27.1. The van der Waals surface area contributed by atoms with Crippen LogP contribution >= 0.6 is 15.9 Å². The van der Waals surface area contributed by atoms with Gasteiger partial charge in [-0.3, -0.25) is 9.59 Å². The lowest BCUT2D eigenvalue weighted by Gasteiger charge is -2.21. The second kappa shape index (κ2) is 10.1. The Labute approximate surface area is 168 Å².